The first-order valence-corrected chi connectivity index (χ1v) is 8.49. The third-order valence-corrected chi connectivity index (χ3v) is 4.82. The molecular weight excluding hydrogens is 286 g/mol. The SMILES string of the molecule is CCn1ncc(CN2CCN(c3ccccc3CN)CC2)c1C. The third-order valence-electron chi connectivity index (χ3n) is 4.82. The third kappa shape index (κ3) is 3.41. The van der Waals surface area contributed by atoms with Gasteiger partial charge in [0.15, 0.2) is 0 Å². The fraction of sp³-hybridized carbons (Fsp3) is 0.500. The first kappa shape index (κ1) is 16.0. The molecule has 0 amide bonds. The van der Waals surface area contributed by atoms with Crippen LogP contribution in [0.4, 0.5) is 5.69 Å². The summed E-state index contributed by atoms with van der Waals surface area (Å²) < 4.78 is 2.07. The van der Waals surface area contributed by atoms with E-state index in [9.17, 15) is 0 Å². The van der Waals surface area contributed by atoms with Crippen molar-refractivity contribution in [2.45, 2.75) is 33.5 Å². The normalized spacial score (nSPS) is 16.0. The molecule has 5 nitrogen and oxygen atoms in total. The van der Waals surface area contributed by atoms with E-state index in [2.05, 4.69) is 57.7 Å². The molecule has 1 aromatic heterocycles. The van der Waals surface area contributed by atoms with E-state index >= 15 is 0 Å². The van der Waals surface area contributed by atoms with Crippen molar-refractivity contribution in [3.8, 4) is 0 Å². The Morgan fingerprint density at radius 3 is 2.48 bits per heavy atom. The summed E-state index contributed by atoms with van der Waals surface area (Å²) in [4.78, 5) is 4.98. The molecule has 1 saturated heterocycles. The highest BCUT2D eigenvalue weighted by Gasteiger charge is 2.20. The van der Waals surface area contributed by atoms with E-state index in [1.165, 1.54) is 22.5 Å². The van der Waals surface area contributed by atoms with Crippen LogP contribution in [0.1, 0.15) is 23.7 Å². The number of nitrogens with zero attached hydrogens (tertiary/aromatic N) is 4. The van der Waals surface area contributed by atoms with E-state index in [1.54, 1.807) is 0 Å². The van der Waals surface area contributed by atoms with Gasteiger partial charge in [-0.15, -0.1) is 0 Å². The molecule has 2 aromatic rings. The lowest BCUT2D eigenvalue weighted by atomic mass is 10.1. The lowest BCUT2D eigenvalue weighted by Crippen LogP contribution is -2.46. The molecular formula is C18H27N5. The molecule has 2 N–H and O–H groups in total. The van der Waals surface area contributed by atoms with Crippen molar-refractivity contribution in [3.05, 3.63) is 47.3 Å². The van der Waals surface area contributed by atoms with Gasteiger partial charge in [-0.2, -0.15) is 5.10 Å². The zero-order valence-corrected chi connectivity index (χ0v) is 14.2. The summed E-state index contributed by atoms with van der Waals surface area (Å²) in [5.41, 5.74) is 11.1. The van der Waals surface area contributed by atoms with Crippen LogP contribution in [0.15, 0.2) is 30.5 Å². The van der Waals surface area contributed by atoms with Gasteiger partial charge in [-0.3, -0.25) is 9.58 Å². The van der Waals surface area contributed by atoms with Crippen LogP contribution in [0, 0.1) is 6.92 Å². The fourth-order valence-electron chi connectivity index (χ4n) is 3.34. The summed E-state index contributed by atoms with van der Waals surface area (Å²) in [6.45, 7) is 11.1. The minimum atomic E-state index is 0.603. The van der Waals surface area contributed by atoms with Gasteiger partial charge in [0.25, 0.3) is 0 Å². The van der Waals surface area contributed by atoms with E-state index < -0.39 is 0 Å². The molecule has 3 rings (SSSR count). The van der Waals surface area contributed by atoms with Gasteiger partial charge >= 0.3 is 0 Å². The highest BCUT2D eigenvalue weighted by atomic mass is 15.3. The number of benzene rings is 1. The summed E-state index contributed by atoms with van der Waals surface area (Å²) in [5.74, 6) is 0. The lowest BCUT2D eigenvalue weighted by Gasteiger charge is -2.37. The van der Waals surface area contributed by atoms with Crippen LogP contribution in [0.3, 0.4) is 0 Å². The highest BCUT2D eigenvalue weighted by molar-refractivity contribution is 5.54. The molecule has 0 saturated carbocycles. The molecule has 0 atom stereocenters. The molecule has 0 radical (unpaired) electrons. The monoisotopic (exact) mass is 313 g/mol. The Kier molecular flexibility index (Phi) is 4.98. The zero-order valence-electron chi connectivity index (χ0n) is 14.2. The maximum Gasteiger partial charge on any atom is 0.0537 e. The molecule has 1 fully saturated rings. The standard InChI is InChI=1S/C18H27N5/c1-3-23-15(2)17(13-20-23)14-21-8-10-22(11-9-21)18-7-5-4-6-16(18)12-19/h4-7,13H,3,8-12,14,19H2,1-2H3. The van der Waals surface area contributed by atoms with E-state index in [-0.39, 0.29) is 0 Å². The second-order valence-corrected chi connectivity index (χ2v) is 6.17. The molecule has 124 valence electrons. The molecule has 23 heavy (non-hydrogen) atoms. The summed E-state index contributed by atoms with van der Waals surface area (Å²) in [6.07, 6.45) is 2.02. The van der Waals surface area contributed by atoms with Gasteiger partial charge < -0.3 is 10.6 Å². The van der Waals surface area contributed by atoms with Gasteiger partial charge in [0, 0.05) is 62.8 Å². The summed E-state index contributed by atoms with van der Waals surface area (Å²) in [7, 11) is 0. The van der Waals surface area contributed by atoms with Crippen molar-refractivity contribution in [2.24, 2.45) is 5.73 Å². The number of para-hydroxylation sites is 1. The van der Waals surface area contributed by atoms with Crippen molar-refractivity contribution in [2.75, 3.05) is 31.1 Å². The van der Waals surface area contributed by atoms with Gasteiger partial charge in [0.1, 0.15) is 0 Å². The van der Waals surface area contributed by atoms with E-state index in [4.69, 9.17) is 5.73 Å². The second kappa shape index (κ2) is 7.15. The molecule has 0 unspecified atom stereocenters. The Hall–Kier alpha value is -1.85. The fourth-order valence-corrected chi connectivity index (χ4v) is 3.34. The lowest BCUT2D eigenvalue weighted by molar-refractivity contribution is 0.249. The molecule has 5 heteroatoms. The van der Waals surface area contributed by atoms with Crippen molar-refractivity contribution in [3.63, 3.8) is 0 Å². The van der Waals surface area contributed by atoms with E-state index in [1.807, 2.05) is 6.20 Å². The minimum Gasteiger partial charge on any atom is -0.369 e. The number of nitrogens with two attached hydrogens (primary N) is 1. The predicted molar refractivity (Wildman–Crippen MR) is 94.5 cm³/mol. The maximum atomic E-state index is 5.87. The van der Waals surface area contributed by atoms with Crippen LogP contribution in [0.2, 0.25) is 0 Å². The number of rotatable bonds is 5. The summed E-state index contributed by atoms with van der Waals surface area (Å²) in [6, 6.07) is 8.48. The molecule has 2 heterocycles. The molecule has 1 aliphatic heterocycles. The number of anilines is 1. The number of aryl methyl sites for hydroxylation is 1. The van der Waals surface area contributed by atoms with Crippen LogP contribution in [-0.2, 0) is 19.6 Å². The quantitative estimate of drug-likeness (QED) is 0.917. The Morgan fingerprint density at radius 2 is 1.83 bits per heavy atom. The van der Waals surface area contributed by atoms with Crippen molar-refractivity contribution in [1.82, 2.24) is 14.7 Å². The Labute approximate surface area is 138 Å². The predicted octanol–water partition coefficient (Wildman–Crippen LogP) is 1.99. The Balaban J connectivity index is 1.61. The zero-order chi connectivity index (χ0) is 16.2. The molecule has 1 aromatic carbocycles. The van der Waals surface area contributed by atoms with Crippen LogP contribution < -0.4 is 10.6 Å². The molecule has 0 spiro atoms. The highest BCUT2D eigenvalue weighted by Crippen LogP contribution is 2.22. The van der Waals surface area contributed by atoms with E-state index in [0.29, 0.717) is 6.54 Å². The minimum absolute atomic E-state index is 0.603. The van der Waals surface area contributed by atoms with Crippen LogP contribution in [0.25, 0.3) is 0 Å². The largest absolute Gasteiger partial charge is 0.369 e. The molecule has 1 aliphatic rings. The van der Waals surface area contributed by atoms with Crippen molar-refractivity contribution < 1.29 is 0 Å². The number of hydrogen-bond donors (Lipinski definition) is 1. The topological polar surface area (TPSA) is 50.3 Å². The average molecular weight is 313 g/mol. The molecule has 0 bridgehead atoms. The van der Waals surface area contributed by atoms with Crippen LogP contribution >= 0.6 is 0 Å². The van der Waals surface area contributed by atoms with Gasteiger partial charge in [0.05, 0.1) is 6.20 Å². The van der Waals surface area contributed by atoms with Gasteiger partial charge in [0.2, 0.25) is 0 Å². The Morgan fingerprint density at radius 1 is 1.09 bits per heavy atom. The number of piperazine rings is 1. The second-order valence-electron chi connectivity index (χ2n) is 6.17. The van der Waals surface area contributed by atoms with Gasteiger partial charge in [-0.1, -0.05) is 18.2 Å². The number of hydrogen-bond acceptors (Lipinski definition) is 4. The van der Waals surface area contributed by atoms with Crippen molar-refractivity contribution in [1.29, 1.82) is 0 Å². The average Bonchev–Trinajstić information content (AvgIpc) is 2.95. The van der Waals surface area contributed by atoms with E-state index in [0.717, 1.165) is 39.3 Å². The number of aromatic nitrogens is 2. The first-order chi connectivity index (χ1) is 11.2. The maximum absolute atomic E-state index is 5.87. The van der Waals surface area contributed by atoms with Crippen molar-refractivity contribution >= 4 is 5.69 Å². The van der Waals surface area contributed by atoms with Crippen LogP contribution in [-0.4, -0.2) is 40.9 Å². The summed E-state index contributed by atoms with van der Waals surface area (Å²) in [5, 5.41) is 4.45. The first-order valence-electron chi connectivity index (χ1n) is 8.49. The summed E-state index contributed by atoms with van der Waals surface area (Å²) >= 11 is 0. The van der Waals surface area contributed by atoms with Crippen LogP contribution in [0.5, 0.6) is 0 Å². The van der Waals surface area contributed by atoms with Gasteiger partial charge in [-0.05, 0) is 25.5 Å². The molecule has 0 aliphatic carbocycles. The smallest absolute Gasteiger partial charge is 0.0537 e. The van der Waals surface area contributed by atoms with Gasteiger partial charge in [-0.25, -0.2) is 0 Å². The Bertz CT molecular complexity index is 641.